The van der Waals surface area contributed by atoms with Gasteiger partial charge in [0.2, 0.25) is 0 Å². The van der Waals surface area contributed by atoms with Crippen LogP contribution in [-0.4, -0.2) is 68.7 Å². The van der Waals surface area contributed by atoms with E-state index in [2.05, 4.69) is 5.09 Å². The molecule has 0 bridgehead atoms. The Labute approximate surface area is 237 Å². The number of halogens is 2. The zero-order chi connectivity index (χ0) is 30.8. The van der Waals surface area contributed by atoms with Crippen LogP contribution in [0.5, 0.6) is 5.75 Å². The minimum absolute atomic E-state index is 0.0186. The minimum Gasteiger partial charge on any atom is -0.462 e. The van der Waals surface area contributed by atoms with Crippen LogP contribution >= 0.6 is 7.75 Å². The molecule has 1 aliphatic rings. The maximum atomic E-state index is 14.6. The van der Waals surface area contributed by atoms with Crippen molar-refractivity contribution in [3.05, 3.63) is 75.6 Å². The molecule has 0 saturated carbocycles. The number of rotatable bonds is 11. The van der Waals surface area contributed by atoms with Crippen molar-refractivity contribution < 1.29 is 46.9 Å². The van der Waals surface area contributed by atoms with E-state index in [1.807, 2.05) is 4.98 Å². The molecule has 228 valence electrons. The van der Waals surface area contributed by atoms with Crippen molar-refractivity contribution in [1.29, 1.82) is 0 Å². The maximum absolute atomic E-state index is 14.6. The number of ether oxygens (including phenoxy) is 2. The molecular weight excluding hydrogens is 583 g/mol. The zero-order valence-electron chi connectivity index (χ0n) is 22.7. The second-order valence-electron chi connectivity index (χ2n) is 9.89. The van der Waals surface area contributed by atoms with Crippen molar-refractivity contribution in [1.82, 2.24) is 14.6 Å². The van der Waals surface area contributed by atoms with Gasteiger partial charge in [-0.05, 0) is 32.2 Å². The summed E-state index contributed by atoms with van der Waals surface area (Å²) in [7, 11) is -4.76. The Kier molecular flexibility index (Phi) is 9.30. The first-order chi connectivity index (χ1) is 19.8. The van der Waals surface area contributed by atoms with Crippen molar-refractivity contribution in [2.45, 2.75) is 63.4 Å². The average molecular weight is 614 g/mol. The molecule has 1 aromatic heterocycles. The van der Waals surface area contributed by atoms with E-state index in [1.165, 1.54) is 13.0 Å². The Morgan fingerprint density at radius 1 is 1.14 bits per heavy atom. The lowest BCUT2D eigenvalue weighted by Crippen LogP contribution is -2.53. The number of esters is 1. The van der Waals surface area contributed by atoms with E-state index in [4.69, 9.17) is 18.5 Å². The van der Waals surface area contributed by atoms with Gasteiger partial charge in [0, 0.05) is 17.6 Å². The number of hydrogen-bond acceptors (Lipinski definition) is 10. The van der Waals surface area contributed by atoms with Gasteiger partial charge in [-0.1, -0.05) is 36.4 Å². The molecule has 6 unspecified atom stereocenters. The third-order valence-corrected chi connectivity index (χ3v) is 8.05. The number of aromatic nitrogens is 2. The highest BCUT2D eigenvalue weighted by atomic mass is 31.2. The summed E-state index contributed by atoms with van der Waals surface area (Å²) in [6.07, 6.45) is -9.54. The Balaban J connectivity index is 1.68. The van der Waals surface area contributed by atoms with Crippen LogP contribution in [0, 0.1) is 0 Å². The number of carbonyl (C=O) groups is 1. The Hall–Kier alpha value is -3.46. The molecule has 6 atom stereocenters. The summed E-state index contributed by atoms with van der Waals surface area (Å²) in [5.41, 5.74) is -4.93. The smallest absolute Gasteiger partial charge is 0.459 e. The first kappa shape index (κ1) is 31.5. The zero-order valence-corrected chi connectivity index (χ0v) is 23.6. The maximum Gasteiger partial charge on any atom is 0.459 e. The Morgan fingerprint density at radius 2 is 1.83 bits per heavy atom. The highest BCUT2D eigenvalue weighted by Gasteiger charge is 2.61. The van der Waals surface area contributed by atoms with Gasteiger partial charge in [-0.15, -0.1) is 0 Å². The number of hydrogen-bond donors (Lipinski definition) is 4. The minimum atomic E-state index is -4.76. The topological polar surface area (TPSA) is 178 Å². The predicted molar refractivity (Wildman–Crippen MR) is 144 cm³/mol. The van der Waals surface area contributed by atoms with E-state index in [-0.39, 0.29) is 5.75 Å². The number of fused-ring (bicyclic) bond motifs is 1. The number of aliphatic hydroxyl groups is 2. The van der Waals surface area contributed by atoms with Crippen molar-refractivity contribution >= 4 is 24.5 Å². The molecule has 1 saturated heterocycles. The molecule has 1 fully saturated rings. The molecule has 2 heterocycles. The van der Waals surface area contributed by atoms with Crippen LogP contribution in [0.1, 0.15) is 27.0 Å². The molecule has 0 spiro atoms. The van der Waals surface area contributed by atoms with Crippen molar-refractivity contribution in [3.63, 3.8) is 0 Å². The molecule has 0 radical (unpaired) electrons. The van der Waals surface area contributed by atoms with Crippen LogP contribution < -0.4 is 20.9 Å². The van der Waals surface area contributed by atoms with E-state index in [9.17, 15) is 37.9 Å². The second-order valence-corrected chi connectivity index (χ2v) is 11.6. The van der Waals surface area contributed by atoms with Crippen LogP contribution in [0.4, 0.5) is 8.78 Å². The van der Waals surface area contributed by atoms with Crippen molar-refractivity contribution in [2.24, 2.45) is 0 Å². The molecule has 4 rings (SSSR count). The van der Waals surface area contributed by atoms with E-state index in [1.54, 1.807) is 50.2 Å². The number of nitrogens with zero attached hydrogens (tertiary/aromatic N) is 1. The molecule has 0 aliphatic carbocycles. The molecule has 3 aromatic rings. The summed E-state index contributed by atoms with van der Waals surface area (Å²) in [6.45, 7) is 3.14. The van der Waals surface area contributed by atoms with Gasteiger partial charge in [0.15, 0.2) is 11.8 Å². The second kappa shape index (κ2) is 12.4. The normalized spacial score (nSPS) is 24.5. The summed E-state index contributed by atoms with van der Waals surface area (Å²) in [5.74, 6) is -0.825. The highest BCUT2D eigenvalue weighted by molar-refractivity contribution is 7.52. The monoisotopic (exact) mass is 613 g/mol. The van der Waals surface area contributed by atoms with Gasteiger partial charge in [0.25, 0.3) is 12.0 Å². The SMILES string of the molecule is CC(C)OC(=O)C(C)NP(=O)(OCC1(C(F)F)OC(n2ccc(=O)[nH]c2=O)C(O)C1O)Oc1cccc2ccccc12. The summed E-state index contributed by atoms with van der Waals surface area (Å²) in [4.78, 5) is 38.1. The lowest BCUT2D eigenvalue weighted by molar-refractivity contribution is -0.192. The number of benzene rings is 2. The number of carbonyl (C=O) groups excluding carboxylic acids is 1. The van der Waals surface area contributed by atoms with E-state index in [0.717, 1.165) is 12.3 Å². The van der Waals surface area contributed by atoms with E-state index >= 15 is 0 Å². The molecule has 13 nitrogen and oxygen atoms in total. The summed E-state index contributed by atoms with van der Waals surface area (Å²) in [5, 5.41) is 24.8. The third-order valence-electron chi connectivity index (χ3n) is 6.44. The van der Waals surface area contributed by atoms with Gasteiger partial charge in [0.1, 0.15) is 24.0 Å². The highest BCUT2D eigenvalue weighted by Crippen LogP contribution is 2.50. The van der Waals surface area contributed by atoms with Crippen LogP contribution in [0.25, 0.3) is 10.8 Å². The van der Waals surface area contributed by atoms with E-state index in [0.29, 0.717) is 15.3 Å². The summed E-state index contributed by atoms with van der Waals surface area (Å²) >= 11 is 0. The van der Waals surface area contributed by atoms with Gasteiger partial charge in [-0.25, -0.2) is 18.1 Å². The fourth-order valence-corrected chi connectivity index (χ4v) is 5.88. The number of aliphatic hydroxyl groups excluding tert-OH is 2. The van der Waals surface area contributed by atoms with Crippen LogP contribution in [0.3, 0.4) is 0 Å². The van der Waals surface area contributed by atoms with Gasteiger partial charge in [-0.3, -0.25) is 23.7 Å². The van der Waals surface area contributed by atoms with E-state index < -0.39 is 74.2 Å². The van der Waals surface area contributed by atoms with Gasteiger partial charge >= 0.3 is 19.4 Å². The molecule has 42 heavy (non-hydrogen) atoms. The van der Waals surface area contributed by atoms with Crippen LogP contribution in [0.15, 0.2) is 64.3 Å². The molecular formula is C26H30F2N3O10P. The number of alkyl halides is 2. The van der Waals surface area contributed by atoms with Crippen LogP contribution in [0.2, 0.25) is 0 Å². The van der Waals surface area contributed by atoms with Crippen molar-refractivity contribution in [2.75, 3.05) is 6.61 Å². The quantitative estimate of drug-likeness (QED) is 0.184. The predicted octanol–water partition coefficient (Wildman–Crippen LogP) is 2.08. The number of aromatic amines is 1. The lowest BCUT2D eigenvalue weighted by Gasteiger charge is -2.32. The summed E-state index contributed by atoms with van der Waals surface area (Å²) < 4.78 is 65.4. The summed E-state index contributed by atoms with van der Waals surface area (Å²) in [6, 6.07) is 11.2. The average Bonchev–Trinajstić information content (AvgIpc) is 3.18. The third kappa shape index (κ3) is 6.46. The van der Waals surface area contributed by atoms with Crippen molar-refractivity contribution in [3.8, 4) is 5.75 Å². The molecule has 1 aliphatic heterocycles. The standard InChI is InChI=1S/C26H30F2N3O10P/c1-14(2)39-23(35)15(3)30-42(37,41-18-10-6-8-16-7-4-5-9-17(16)18)38-13-26(24(27)28)21(34)20(33)22(40-26)31-12-11-19(32)29-25(31)36/h4-12,14-15,20-22,24,33-34H,13H2,1-3H3,(H,30,37)(H,29,32,36). The number of nitrogens with one attached hydrogen (secondary N) is 2. The van der Waals surface area contributed by atoms with Crippen LogP contribution in [-0.2, 0) is 23.4 Å². The fraction of sp³-hybridized carbons (Fsp3) is 0.423. The van der Waals surface area contributed by atoms with Gasteiger partial charge in [0.05, 0.1) is 12.7 Å². The first-order valence-electron chi connectivity index (χ1n) is 12.8. The Bertz CT molecular complexity index is 1590. The number of H-pyrrole nitrogens is 1. The Morgan fingerprint density at radius 3 is 2.50 bits per heavy atom. The molecule has 0 amide bonds. The fourth-order valence-electron chi connectivity index (χ4n) is 4.33. The molecule has 4 N–H and O–H groups in total. The first-order valence-corrected chi connectivity index (χ1v) is 14.3. The molecule has 16 heteroatoms. The molecule has 2 aromatic carbocycles. The largest absolute Gasteiger partial charge is 0.462 e. The van der Waals surface area contributed by atoms with Gasteiger partial charge in [-0.2, -0.15) is 5.09 Å². The van der Waals surface area contributed by atoms with Gasteiger partial charge < -0.3 is 24.2 Å². The lowest BCUT2D eigenvalue weighted by atomic mass is 9.96.